The lowest BCUT2D eigenvalue weighted by Gasteiger charge is -2.35. The van der Waals surface area contributed by atoms with E-state index >= 15 is 0 Å². The number of carbonyl (C=O) groups is 1. The van der Waals surface area contributed by atoms with E-state index in [1.807, 2.05) is 10.8 Å². The van der Waals surface area contributed by atoms with Gasteiger partial charge in [0, 0.05) is 31.2 Å². The molecule has 1 amide bonds. The minimum absolute atomic E-state index is 0.0304. The highest BCUT2D eigenvalue weighted by atomic mass is 19.3. The van der Waals surface area contributed by atoms with E-state index in [2.05, 4.69) is 4.98 Å². The summed E-state index contributed by atoms with van der Waals surface area (Å²) in [6.07, 6.45) is 6.08. The van der Waals surface area contributed by atoms with Crippen molar-refractivity contribution in [2.45, 2.75) is 38.5 Å². The van der Waals surface area contributed by atoms with Crippen LogP contribution in [0.15, 0.2) is 30.9 Å². The van der Waals surface area contributed by atoms with Crippen LogP contribution in [-0.2, 0) is 0 Å². The van der Waals surface area contributed by atoms with Crippen molar-refractivity contribution >= 4 is 5.91 Å². The number of aliphatic hydroxyl groups excluding tert-OH is 1. The summed E-state index contributed by atoms with van der Waals surface area (Å²) in [4.78, 5) is 18.5. The zero-order valence-electron chi connectivity index (χ0n) is 14.5. The fourth-order valence-corrected chi connectivity index (χ4v) is 4.50. The number of imidazole rings is 1. The first-order valence-corrected chi connectivity index (χ1v) is 8.86. The van der Waals surface area contributed by atoms with Gasteiger partial charge in [-0.3, -0.25) is 9.36 Å². The highest BCUT2D eigenvalue weighted by Crippen LogP contribution is 2.41. The van der Waals surface area contributed by atoms with Crippen LogP contribution >= 0.6 is 0 Å². The predicted molar refractivity (Wildman–Crippen MR) is 89.8 cm³/mol. The van der Waals surface area contributed by atoms with Crippen molar-refractivity contribution in [2.24, 2.45) is 11.8 Å². The van der Waals surface area contributed by atoms with Crippen LogP contribution in [0.4, 0.5) is 8.78 Å². The number of rotatable bonds is 3. The molecule has 6 nitrogen and oxygen atoms in total. The summed E-state index contributed by atoms with van der Waals surface area (Å²) in [6.45, 7) is -0.125. The molecule has 0 aromatic carbocycles. The third-order valence-electron chi connectivity index (χ3n) is 5.84. The first-order chi connectivity index (χ1) is 12.5. The Hall–Kier alpha value is -2.22. The second-order valence-electron chi connectivity index (χ2n) is 7.35. The Labute approximate surface area is 150 Å². The molecule has 2 fully saturated rings. The van der Waals surface area contributed by atoms with E-state index in [9.17, 15) is 18.7 Å². The Kier molecular flexibility index (Phi) is 4.30. The van der Waals surface area contributed by atoms with Gasteiger partial charge in [-0.2, -0.15) is 8.78 Å². The minimum atomic E-state index is -2.73. The number of hydrogen-bond acceptors (Lipinski definition) is 3. The quantitative estimate of drug-likeness (QED) is 0.910. The van der Waals surface area contributed by atoms with E-state index < -0.39 is 12.7 Å². The molecule has 1 N–H and O–H groups in total. The molecule has 0 spiro atoms. The maximum atomic E-state index is 13.3. The Bertz CT molecular complexity index is 789. The Morgan fingerprint density at radius 3 is 2.65 bits per heavy atom. The van der Waals surface area contributed by atoms with Gasteiger partial charge in [0.1, 0.15) is 5.69 Å². The van der Waals surface area contributed by atoms with Gasteiger partial charge in [-0.25, -0.2) is 4.98 Å². The van der Waals surface area contributed by atoms with Gasteiger partial charge in [-0.05, 0) is 43.7 Å². The normalized spacial score (nSPS) is 28.6. The lowest BCUT2D eigenvalue weighted by atomic mass is 9.77. The number of hydrogen-bond donors (Lipinski definition) is 1. The third-order valence-corrected chi connectivity index (χ3v) is 5.84. The lowest BCUT2D eigenvalue weighted by molar-refractivity contribution is 0.0357. The highest BCUT2D eigenvalue weighted by Gasteiger charge is 2.44. The second-order valence-corrected chi connectivity index (χ2v) is 7.35. The summed E-state index contributed by atoms with van der Waals surface area (Å²) in [5.41, 5.74) is 0.401. The molecule has 0 radical (unpaired) electrons. The molecule has 2 aromatic heterocycles. The fourth-order valence-electron chi connectivity index (χ4n) is 4.50. The molecule has 140 valence electrons. The van der Waals surface area contributed by atoms with Crippen LogP contribution in [0.3, 0.4) is 0 Å². The van der Waals surface area contributed by atoms with Crippen molar-refractivity contribution in [1.29, 1.82) is 0 Å². The van der Waals surface area contributed by atoms with E-state index in [1.165, 1.54) is 6.07 Å². The Balaban J connectivity index is 1.51. The van der Waals surface area contributed by atoms with Crippen molar-refractivity contribution in [3.63, 3.8) is 0 Å². The molecule has 26 heavy (non-hydrogen) atoms. The van der Waals surface area contributed by atoms with E-state index in [0.29, 0.717) is 25.2 Å². The zero-order valence-corrected chi connectivity index (χ0v) is 14.5. The molecular weight excluding hydrogens is 342 g/mol. The molecule has 4 atom stereocenters. The van der Waals surface area contributed by atoms with Gasteiger partial charge < -0.3 is 14.6 Å². The lowest BCUT2D eigenvalue weighted by Crippen LogP contribution is -2.35. The van der Waals surface area contributed by atoms with Crippen molar-refractivity contribution < 1.29 is 18.7 Å². The fraction of sp³-hybridized carbons (Fsp3) is 0.556. The van der Waals surface area contributed by atoms with E-state index in [0.717, 1.165) is 11.0 Å². The van der Waals surface area contributed by atoms with Gasteiger partial charge in [-0.15, -0.1) is 0 Å². The zero-order chi connectivity index (χ0) is 18.4. The standard InChI is InChI=1S/C18H22F2N4O2/c1-11-2-3-14(24(11)18(19)20)17(26)23-8-12-6-15(22-5-4-21-10-22)16(25)7-13(12)9-23/h2-5,10,12-13,15-16,18,25H,6-9H2,1H3/t12-,13+,15-,16-/m1/s1. The van der Waals surface area contributed by atoms with Gasteiger partial charge in [0.25, 0.3) is 5.91 Å². The number of likely N-dealkylation sites (tertiary alicyclic amines) is 1. The molecule has 2 aromatic rings. The summed E-state index contributed by atoms with van der Waals surface area (Å²) < 4.78 is 29.2. The smallest absolute Gasteiger partial charge is 0.319 e. The summed E-state index contributed by atoms with van der Waals surface area (Å²) in [5.74, 6) is 0.0945. The first kappa shape index (κ1) is 17.2. The molecular formula is C18H22F2N4O2. The van der Waals surface area contributed by atoms with Crippen LogP contribution in [0.2, 0.25) is 0 Å². The Morgan fingerprint density at radius 1 is 1.27 bits per heavy atom. The van der Waals surface area contributed by atoms with Crippen molar-refractivity contribution in [1.82, 2.24) is 19.0 Å². The van der Waals surface area contributed by atoms with Gasteiger partial charge in [-0.1, -0.05) is 0 Å². The molecule has 3 heterocycles. The number of alkyl halides is 2. The van der Waals surface area contributed by atoms with Gasteiger partial charge in [0.2, 0.25) is 0 Å². The Morgan fingerprint density at radius 2 is 2.00 bits per heavy atom. The molecule has 1 aliphatic heterocycles. The molecule has 2 aliphatic rings. The summed E-state index contributed by atoms with van der Waals surface area (Å²) in [7, 11) is 0. The van der Waals surface area contributed by atoms with E-state index in [-0.39, 0.29) is 29.5 Å². The first-order valence-electron chi connectivity index (χ1n) is 8.86. The molecule has 0 unspecified atom stereocenters. The number of aryl methyl sites for hydroxylation is 1. The number of amides is 1. The number of aromatic nitrogens is 3. The van der Waals surface area contributed by atoms with Crippen LogP contribution in [0.1, 0.15) is 41.6 Å². The highest BCUT2D eigenvalue weighted by molar-refractivity contribution is 5.93. The summed E-state index contributed by atoms with van der Waals surface area (Å²) >= 11 is 0. The summed E-state index contributed by atoms with van der Waals surface area (Å²) in [5, 5.41) is 10.5. The van der Waals surface area contributed by atoms with Crippen LogP contribution in [-0.4, -0.2) is 49.2 Å². The average Bonchev–Trinajstić information content (AvgIpc) is 3.31. The average molecular weight is 364 g/mol. The summed E-state index contributed by atoms with van der Waals surface area (Å²) in [6, 6.07) is 2.96. The van der Waals surface area contributed by atoms with Crippen molar-refractivity contribution in [3.8, 4) is 0 Å². The van der Waals surface area contributed by atoms with Gasteiger partial charge in [0.05, 0.1) is 18.5 Å². The van der Waals surface area contributed by atoms with Crippen molar-refractivity contribution in [2.75, 3.05) is 13.1 Å². The third kappa shape index (κ3) is 2.82. The molecule has 4 rings (SSSR count). The van der Waals surface area contributed by atoms with Crippen LogP contribution < -0.4 is 0 Å². The minimum Gasteiger partial charge on any atom is -0.391 e. The van der Waals surface area contributed by atoms with Crippen molar-refractivity contribution in [3.05, 3.63) is 42.2 Å². The van der Waals surface area contributed by atoms with Gasteiger partial charge >= 0.3 is 6.55 Å². The number of halogens is 2. The predicted octanol–water partition coefficient (Wildman–Crippen LogP) is 2.47. The molecule has 1 saturated heterocycles. The number of fused-ring (bicyclic) bond motifs is 1. The van der Waals surface area contributed by atoms with Crippen LogP contribution in [0.25, 0.3) is 0 Å². The SMILES string of the molecule is Cc1ccc(C(=O)N2C[C@H]3C[C@@H](n4ccnc4)[C@H](O)C[C@H]3C2)n1C(F)F. The van der Waals surface area contributed by atoms with Crippen LogP contribution in [0, 0.1) is 18.8 Å². The molecule has 1 saturated carbocycles. The molecule has 0 bridgehead atoms. The number of nitrogens with zero attached hydrogens (tertiary/aromatic N) is 4. The van der Waals surface area contributed by atoms with E-state index in [1.54, 1.807) is 30.4 Å². The maximum absolute atomic E-state index is 13.3. The second kappa shape index (κ2) is 6.50. The molecule has 1 aliphatic carbocycles. The monoisotopic (exact) mass is 364 g/mol. The van der Waals surface area contributed by atoms with E-state index in [4.69, 9.17) is 0 Å². The van der Waals surface area contributed by atoms with Crippen LogP contribution in [0.5, 0.6) is 0 Å². The number of carbonyl (C=O) groups excluding carboxylic acids is 1. The topological polar surface area (TPSA) is 63.3 Å². The van der Waals surface area contributed by atoms with Gasteiger partial charge in [0.15, 0.2) is 0 Å². The maximum Gasteiger partial charge on any atom is 0.319 e. The molecule has 8 heteroatoms. The largest absolute Gasteiger partial charge is 0.391 e. The number of aliphatic hydroxyl groups is 1.